The van der Waals surface area contributed by atoms with E-state index in [4.69, 9.17) is 26.5 Å². The zero-order valence-electron chi connectivity index (χ0n) is 4.97. The van der Waals surface area contributed by atoms with Gasteiger partial charge in [-0.1, -0.05) is 0 Å². The summed E-state index contributed by atoms with van der Waals surface area (Å²) in [4.78, 5) is 16.2. The molecule has 0 amide bonds. The van der Waals surface area contributed by atoms with Crippen LogP contribution in [-0.4, -0.2) is 33.5 Å². The van der Waals surface area contributed by atoms with Gasteiger partial charge in [0.25, 0.3) is 0 Å². The number of halogens is 1. The zero-order valence-corrected chi connectivity index (χ0v) is 6.63. The van der Waals surface area contributed by atoms with E-state index >= 15 is 0 Å². The number of aliphatic hydroxyl groups excluding tert-OH is 1. The molecule has 0 heterocycles. The molecule has 7 heteroatoms. The molecule has 0 aromatic heterocycles. The Morgan fingerprint density at radius 1 is 1.60 bits per heavy atom. The van der Waals surface area contributed by atoms with Crippen molar-refractivity contribution in [3.8, 4) is 0 Å². The van der Waals surface area contributed by atoms with Gasteiger partial charge in [0.1, 0.15) is 0 Å². The maximum absolute atomic E-state index is 9.97. The van der Waals surface area contributed by atoms with E-state index in [0.29, 0.717) is 0 Å². The lowest BCUT2D eigenvalue weighted by atomic mass is 10.4. The molecule has 0 aromatic carbocycles. The van der Waals surface area contributed by atoms with Crippen LogP contribution in [0.4, 0.5) is 0 Å². The second-order valence-corrected chi connectivity index (χ2v) is 3.14. The van der Waals surface area contributed by atoms with E-state index in [2.05, 4.69) is 4.52 Å². The minimum atomic E-state index is -4.45. The fourth-order valence-electron chi connectivity index (χ4n) is 0.228. The quantitative estimate of drug-likeness (QED) is 0.418. The standard InChI is InChI=1S/C3H8ClO5P/c4-1-3(5)2-9-10(6,7)8/h3,5H,1-2H2,(H2,6,7,8)/t3-/m0/s1. The Balaban J connectivity index is 3.46. The van der Waals surface area contributed by atoms with Crippen LogP contribution in [0.3, 0.4) is 0 Å². The van der Waals surface area contributed by atoms with Gasteiger partial charge in [-0.05, 0) is 0 Å². The van der Waals surface area contributed by atoms with E-state index < -0.39 is 20.5 Å². The van der Waals surface area contributed by atoms with E-state index in [1.54, 1.807) is 0 Å². The molecule has 0 fully saturated rings. The lowest BCUT2D eigenvalue weighted by Gasteiger charge is -2.07. The van der Waals surface area contributed by atoms with Gasteiger partial charge in [0, 0.05) is 0 Å². The minimum absolute atomic E-state index is 0.111. The van der Waals surface area contributed by atoms with Crippen LogP contribution in [0.5, 0.6) is 0 Å². The summed E-state index contributed by atoms with van der Waals surface area (Å²) in [7, 11) is -4.45. The van der Waals surface area contributed by atoms with Crippen LogP contribution in [0.1, 0.15) is 0 Å². The minimum Gasteiger partial charge on any atom is -0.389 e. The van der Waals surface area contributed by atoms with Crippen LogP contribution in [0.15, 0.2) is 0 Å². The molecule has 0 aliphatic rings. The third kappa shape index (κ3) is 6.48. The van der Waals surface area contributed by atoms with Crippen molar-refractivity contribution in [2.24, 2.45) is 0 Å². The molecule has 0 radical (unpaired) electrons. The van der Waals surface area contributed by atoms with E-state index in [9.17, 15) is 4.57 Å². The van der Waals surface area contributed by atoms with Gasteiger partial charge in [0.05, 0.1) is 18.6 Å². The third-order valence-electron chi connectivity index (χ3n) is 0.613. The smallest absolute Gasteiger partial charge is 0.389 e. The Labute approximate surface area is 62.8 Å². The van der Waals surface area contributed by atoms with Crippen molar-refractivity contribution < 1.29 is 24.0 Å². The maximum Gasteiger partial charge on any atom is 0.469 e. The molecule has 0 rings (SSSR count). The second kappa shape index (κ2) is 4.28. The molecule has 0 aliphatic carbocycles. The van der Waals surface area contributed by atoms with Gasteiger partial charge in [-0.25, -0.2) is 4.57 Å². The number of rotatable bonds is 4. The Bertz CT molecular complexity index is 133. The van der Waals surface area contributed by atoms with Crippen LogP contribution in [0.2, 0.25) is 0 Å². The first kappa shape index (κ1) is 10.4. The molecule has 0 unspecified atom stereocenters. The van der Waals surface area contributed by atoms with Crippen LogP contribution >= 0.6 is 19.4 Å². The topological polar surface area (TPSA) is 87.0 Å². The molecular weight excluding hydrogens is 182 g/mol. The first-order valence-corrected chi connectivity index (χ1v) is 4.46. The van der Waals surface area contributed by atoms with Gasteiger partial charge >= 0.3 is 7.82 Å². The predicted octanol–water partition coefficient (Wildman–Crippen LogP) is -0.305. The Kier molecular flexibility index (Phi) is 4.44. The number of hydrogen-bond donors (Lipinski definition) is 3. The number of phosphoric acid groups is 1. The van der Waals surface area contributed by atoms with Gasteiger partial charge in [0.2, 0.25) is 0 Å². The summed E-state index contributed by atoms with van der Waals surface area (Å²) in [5, 5.41) is 8.62. The van der Waals surface area contributed by atoms with Gasteiger partial charge in [-0.15, -0.1) is 11.6 Å². The summed E-state index contributed by atoms with van der Waals surface area (Å²) in [6.45, 7) is -0.451. The summed E-state index contributed by atoms with van der Waals surface area (Å²) in [6.07, 6.45) is -1.03. The molecule has 1 atom stereocenters. The predicted molar refractivity (Wildman–Crippen MR) is 34.7 cm³/mol. The highest BCUT2D eigenvalue weighted by molar-refractivity contribution is 7.46. The van der Waals surface area contributed by atoms with Gasteiger partial charge < -0.3 is 14.9 Å². The van der Waals surface area contributed by atoms with Gasteiger partial charge in [-0.2, -0.15) is 0 Å². The fourth-order valence-corrected chi connectivity index (χ4v) is 0.683. The lowest BCUT2D eigenvalue weighted by Crippen LogP contribution is -2.15. The van der Waals surface area contributed by atoms with E-state index in [0.717, 1.165) is 0 Å². The molecular formula is C3H8ClO5P. The van der Waals surface area contributed by atoms with Crippen molar-refractivity contribution in [2.45, 2.75) is 6.10 Å². The fraction of sp³-hybridized carbons (Fsp3) is 1.00. The monoisotopic (exact) mass is 190 g/mol. The number of aliphatic hydroxyl groups is 1. The number of phosphoric ester groups is 1. The summed E-state index contributed by atoms with van der Waals surface area (Å²) >= 11 is 5.10. The van der Waals surface area contributed by atoms with Crippen molar-refractivity contribution >= 4 is 19.4 Å². The van der Waals surface area contributed by atoms with E-state index in [1.165, 1.54) is 0 Å². The van der Waals surface area contributed by atoms with Crippen LogP contribution in [0.25, 0.3) is 0 Å². The summed E-state index contributed by atoms with van der Waals surface area (Å²) in [6, 6.07) is 0. The zero-order chi connectivity index (χ0) is 8.20. The molecule has 5 nitrogen and oxygen atoms in total. The van der Waals surface area contributed by atoms with Crippen molar-refractivity contribution in [3.05, 3.63) is 0 Å². The number of alkyl halides is 1. The van der Waals surface area contributed by atoms with Crippen molar-refractivity contribution in [2.75, 3.05) is 12.5 Å². The molecule has 62 valence electrons. The van der Waals surface area contributed by atoms with Crippen molar-refractivity contribution in [3.63, 3.8) is 0 Å². The molecule has 0 saturated heterocycles. The molecule has 0 spiro atoms. The summed E-state index contributed by atoms with van der Waals surface area (Å²) in [5.74, 6) is -0.111. The SMILES string of the molecule is O=P(O)(O)OC[C@@H](O)CCl. The first-order valence-electron chi connectivity index (χ1n) is 2.40. The Morgan fingerprint density at radius 3 is 2.40 bits per heavy atom. The van der Waals surface area contributed by atoms with Crippen molar-refractivity contribution in [1.82, 2.24) is 0 Å². The normalized spacial score (nSPS) is 15.2. The summed E-state index contributed by atoms with van der Waals surface area (Å²) < 4.78 is 13.9. The Morgan fingerprint density at radius 2 is 2.10 bits per heavy atom. The Hall–Kier alpha value is 0.360. The van der Waals surface area contributed by atoms with Crippen molar-refractivity contribution in [1.29, 1.82) is 0 Å². The van der Waals surface area contributed by atoms with Crippen LogP contribution in [0, 0.1) is 0 Å². The highest BCUT2D eigenvalue weighted by atomic mass is 35.5. The van der Waals surface area contributed by atoms with E-state index in [1.807, 2.05) is 0 Å². The van der Waals surface area contributed by atoms with Crippen LogP contribution < -0.4 is 0 Å². The largest absolute Gasteiger partial charge is 0.469 e. The average Bonchev–Trinajstić information content (AvgIpc) is 1.81. The molecule has 3 N–H and O–H groups in total. The summed E-state index contributed by atoms with van der Waals surface area (Å²) in [5.41, 5.74) is 0. The van der Waals surface area contributed by atoms with E-state index in [-0.39, 0.29) is 5.88 Å². The molecule has 10 heavy (non-hydrogen) atoms. The van der Waals surface area contributed by atoms with Gasteiger partial charge in [-0.3, -0.25) is 4.52 Å². The second-order valence-electron chi connectivity index (χ2n) is 1.59. The lowest BCUT2D eigenvalue weighted by molar-refractivity contribution is 0.0989. The highest BCUT2D eigenvalue weighted by Crippen LogP contribution is 2.35. The molecule has 0 bridgehead atoms. The molecule has 0 saturated carbocycles. The molecule has 0 aliphatic heterocycles. The average molecular weight is 191 g/mol. The van der Waals surface area contributed by atoms with Crippen LogP contribution in [-0.2, 0) is 9.09 Å². The number of hydrogen-bond acceptors (Lipinski definition) is 3. The van der Waals surface area contributed by atoms with Gasteiger partial charge in [0.15, 0.2) is 0 Å². The first-order chi connectivity index (χ1) is 4.45. The maximum atomic E-state index is 9.97. The third-order valence-corrected chi connectivity index (χ3v) is 1.45. The highest BCUT2D eigenvalue weighted by Gasteiger charge is 2.15. The molecule has 0 aromatic rings.